The molecule has 0 unspecified atom stereocenters. The molecule has 0 atom stereocenters. The molecule has 0 aromatic heterocycles. The summed E-state index contributed by atoms with van der Waals surface area (Å²) >= 11 is 0. The Labute approximate surface area is 166 Å². The summed E-state index contributed by atoms with van der Waals surface area (Å²) in [6, 6.07) is 12.6. The van der Waals surface area contributed by atoms with Gasteiger partial charge in [0, 0.05) is 11.3 Å². The highest BCUT2D eigenvalue weighted by molar-refractivity contribution is 6.04. The molecule has 2 aromatic carbocycles. The number of esters is 1. The normalized spacial score (nSPS) is 14.4. The second kappa shape index (κ2) is 9.40. The van der Waals surface area contributed by atoms with Crippen LogP contribution >= 0.6 is 0 Å². The molecule has 0 heterocycles. The lowest BCUT2D eigenvalue weighted by Crippen LogP contribution is -2.24. The van der Waals surface area contributed by atoms with Crippen molar-refractivity contribution in [2.45, 2.75) is 52.1 Å². The van der Waals surface area contributed by atoms with E-state index in [9.17, 15) is 9.59 Å². The first kappa shape index (κ1) is 19.9. The molecule has 148 valence electrons. The van der Waals surface area contributed by atoms with Gasteiger partial charge in [-0.3, -0.25) is 4.79 Å². The summed E-state index contributed by atoms with van der Waals surface area (Å²) in [5.74, 6) is 0.00415. The van der Waals surface area contributed by atoms with E-state index in [0.717, 1.165) is 42.5 Å². The number of anilines is 1. The van der Waals surface area contributed by atoms with Gasteiger partial charge in [0.15, 0.2) is 6.61 Å². The van der Waals surface area contributed by atoms with Crippen molar-refractivity contribution in [1.82, 2.24) is 0 Å². The molecule has 1 amide bonds. The maximum absolute atomic E-state index is 12.5. The Hall–Kier alpha value is -2.82. The Morgan fingerprint density at radius 3 is 2.43 bits per heavy atom. The largest absolute Gasteiger partial charge is 0.482 e. The van der Waals surface area contributed by atoms with E-state index >= 15 is 0 Å². The third-order valence-electron chi connectivity index (χ3n) is 5.18. The molecular formula is C23H27NO4. The molecule has 3 rings (SSSR count). The minimum absolute atomic E-state index is 0.0287. The molecule has 1 N–H and O–H groups in total. The SMILES string of the molecule is Cc1cccc(NC(=O)c2ccc(OCC(=O)OC3CCCCC3)cc2)c1C. The zero-order valence-corrected chi connectivity index (χ0v) is 16.5. The fourth-order valence-electron chi connectivity index (χ4n) is 3.33. The maximum Gasteiger partial charge on any atom is 0.344 e. The molecule has 1 aliphatic carbocycles. The quantitative estimate of drug-likeness (QED) is 0.729. The molecule has 1 saturated carbocycles. The zero-order chi connectivity index (χ0) is 19.9. The summed E-state index contributed by atoms with van der Waals surface area (Å²) in [5, 5.41) is 2.93. The second-order valence-corrected chi connectivity index (χ2v) is 7.26. The van der Waals surface area contributed by atoms with Crippen molar-refractivity contribution in [3.8, 4) is 5.75 Å². The Kier molecular flexibility index (Phi) is 6.69. The van der Waals surface area contributed by atoms with E-state index in [2.05, 4.69) is 5.32 Å². The van der Waals surface area contributed by atoms with Gasteiger partial charge >= 0.3 is 5.97 Å². The summed E-state index contributed by atoms with van der Waals surface area (Å²) in [6.45, 7) is 3.87. The molecule has 28 heavy (non-hydrogen) atoms. The number of carbonyl (C=O) groups is 2. The van der Waals surface area contributed by atoms with E-state index in [1.807, 2.05) is 32.0 Å². The highest BCUT2D eigenvalue weighted by Gasteiger charge is 2.18. The Morgan fingerprint density at radius 1 is 1.00 bits per heavy atom. The van der Waals surface area contributed by atoms with Gasteiger partial charge in [0.25, 0.3) is 5.91 Å². The van der Waals surface area contributed by atoms with Crippen molar-refractivity contribution in [3.63, 3.8) is 0 Å². The molecular weight excluding hydrogens is 354 g/mol. The summed E-state index contributed by atoms with van der Waals surface area (Å²) in [4.78, 5) is 24.4. The fourth-order valence-corrected chi connectivity index (χ4v) is 3.33. The molecule has 5 heteroatoms. The van der Waals surface area contributed by atoms with Crippen molar-refractivity contribution in [1.29, 1.82) is 0 Å². The number of hydrogen-bond acceptors (Lipinski definition) is 4. The lowest BCUT2D eigenvalue weighted by atomic mass is 9.98. The lowest BCUT2D eigenvalue weighted by molar-refractivity contribution is -0.152. The minimum atomic E-state index is -0.344. The van der Waals surface area contributed by atoms with Gasteiger partial charge in [-0.25, -0.2) is 4.79 Å². The van der Waals surface area contributed by atoms with E-state index in [1.165, 1.54) is 6.42 Å². The predicted molar refractivity (Wildman–Crippen MR) is 109 cm³/mol. The highest BCUT2D eigenvalue weighted by Crippen LogP contribution is 2.21. The second-order valence-electron chi connectivity index (χ2n) is 7.26. The predicted octanol–water partition coefficient (Wildman–Crippen LogP) is 4.81. The fraction of sp³-hybridized carbons (Fsp3) is 0.391. The van der Waals surface area contributed by atoms with Gasteiger partial charge in [0.2, 0.25) is 0 Å². The van der Waals surface area contributed by atoms with Gasteiger partial charge in [-0.15, -0.1) is 0 Å². The van der Waals surface area contributed by atoms with E-state index in [0.29, 0.717) is 11.3 Å². The molecule has 0 spiro atoms. The van der Waals surface area contributed by atoms with E-state index in [1.54, 1.807) is 24.3 Å². The van der Waals surface area contributed by atoms with Crippen LogP contribution in [0.3, 0.4) is 0 Å². The van der Waals surface area contributed by atoms with Gasteiger partial charge in [0.05, 0.1) is 0 Å². The van der Waals surface area contributed by atoms with E-state index in [4.69, 9.17) is 9.47 Å². The summed E-state index contributed by atoms with van der Waals surface area (Å²) < 4.78 is 10.9. The van der Waals surface area contributed by atoms with Gasteiger partial charge in [0.1, 0.15) is 11.9 Å². The molecule has 2 aromatic rings. The average Bonchev–Trinajstić information content (AvgIpc) is 2.71. The highest BCUT2D eigenvalue weighted by atomic mass is 16.6. The van der Waals surface area contributed by atoms with Crippen molar-refractivity contribution in [3.05, 3.63) is 59.2 Å². The zero-order valence-electron chi connectivity index (χ0n) is 16.5. The molecule has 5 nitrogen and oxygen atoms in total. The van der Waals surface area contributed by atoms with Crippen LogP contribution in [0.4, 0.5) is 5.69 Å². The van der Waals surface area contributed by atoms with Crippen LogP contribution in [-0.4, -0.2) is 24.6 Å². The number of ether oxygens (including phenoxy) is 2. The van der Waals surface area contributed by atoms with Crippen molar-refractivity contribution in [2.24, 2.45) is 0 Å². The molecule has 0 radical (unpaired) electrons. The smallest absolute Gasteiger partial charge is 0.344 e. The van der Waals surface area contributed by atoms with Crippen LogP contribution in [0.15, 0.2) is 42.5 Å². The first-order valence-electron chi connectivity index (χ1n) is 9.83. The number of carbonyl (C=O) groups excluding carboxylic acids is 2. The van der Waals surface area contributed by atoms with Crippen LogP contribution in [0.5, 0.6) is 5.75 Å². The van der Waals surface area contributed by atoms with Crippen molar-refractivity contribution < 1.29 is 19.1 Å². The average molecular weight is 381 g/mol. The van der Waals surface area contributed by atoms with Crippen molar-refractivity contribution >= 4 is 17.6 Å². The summed E-state index contributed by atoms with van der Waals surface area (Å²) in [6.07, 6.45) is 5.36. The number of nitrogens with one attached hydrogen (secondary N) is 1. The minimum Gasteiger partial charge on any atom is -0.482 e. The third-order valence-corrected chi connectivity index (χ3v) is 5.18. The number of benzene rings is 2. The van der Waals surface area contributed by atoms with Crippen LogP contribution in [-0.2, 0) is 9.53 Å². The molecule has 1 fully saturated rings. The van der Waals surface area contributed by atoms with E-state index < -0.39 is 0 Å². The van der Waals surface area contributed by atoms with Crippen molar-refractivity contribution in [2.75, 3.05) is 11.9 Å². The third kappa shape index (κ3) is 5.35. The van der Waals surface area contributed by atoms with Crippen LogP contribution in [0.25, 0.3) is 0 Å². The first-order chi connectivity index (χ1) is 13.5. The van der Waals surface area contributed by atoms with Crippen LogP contribution in [0.2, 0.25) is 0 Å². The number of rotatable bonds is 6. The number of hydrogen-bond donors (Lipinski definition) is 1. The summed E-state index contributed by atoms with van der Waals surface area (Å²) in [5.41, 5.74) is 3.50. The van der Waals surface area contributed by atoms with Gasteiger partial charge in [-0.2, -0.15) is 0 Å². The molecule has 0 aliphatic heterocycles. The number of aryl methyl sites for hydroxylation is 1. The first-order valence-corrected chi connectivity index (χ1v) is 9.83. The monoisotopic (exact) mass is 381 g/mol. The Bertz CT molecular complexity index is 823. The van der Waals surface area contributed by atoms with Crippen LogP contribution in [0.1, 0.15) is 53.6 Å². The maximum atomic E-state index is 12.5. The summed E-state index contributed by atoms with van der Waals surface area (Å²) in [7, 11) is 0. The van der Waals surface area contributed by atoms with E-state index in [-0.39, 0.29) is 24.6 Å². The Morgan fingerprint density at radius 2 is 1.71 bits per heavy atom. The topological polar surface area (TPSA) is 64.6 Å². The lowest BCUT2D eigenvalue weighted by Gasteiger charge is -2.21. The van der Waals surface area contributed by atoms with Gasteiger partial charge in [-0.05, 0) is 81.0 Å². The number of amides is 1. The van der Waals surface area contributed by atoms with Gasteiger partial charge in [-0.1, -0.05) is 18.6 Å². The van der Waals surface area contributed by atoms with Gasteiger partial charge < -0.3 is 14.8 Å². The molecule has 1 aliphatic rings. The molecule has 0 bridgehead atoms. The molecule has 0 saturated heterocycles. The Balaban J connectivity index is 1.50. The standard InChI is InChI=1S/C23H27NO4/c1-16-7-6-10-21(17(16)2)24-23(26)18-11-13-19(14-12-18)27-15-22(25)28-20-8-4-3-5-9-20/h6-7,10-14,20H,3-5,8-9,15H2,1-2H3,(H,24,26). The van der Waals surface area contributed by atoms with Crippen LogP contribution < -0.4 is 10.1 Å². The van der Waals surface area contributed by atoms with Crippen LogP contribution in [0, 0.1) is 13.8 Å².